The van der Waals surface area contributed by atoms with Gasteiger partial charge in [-0.2, -0.15) is 13.2 Å². The Labute approximate surface area is 128 Å². The molecule has 1 rings (SSSR count). The zero-order chi connectivity index (χ0) is 16.8. The van der Waals surface area contributed by atoms with E-state index in [1.807, 2.05) is 6.92 Å². The van der Waals surface area contributed by atoms with Crippen LogP contribution in [0.5, 0.6) is 0 Å². The quantitative estimate of drug-likeness (QED) is 0.718. The maximum atomic E-state index is 12.4. The molecule has 0 radical (unpaired) electrons. The molecular formula is C15H24F3NO3. The van der Waals surface area contributed by atoms with Crippen molar-refractivity contribution in [3.05, 3.63) is 0 Å². The van der Waals surface area contributed by atoms with Crippen LogP contribution in [-0.2, 0) is 9.59 Å². The summed E-state index contributed by atoms with van der Waals surface area (Å²) in [5.74, 6) is -2.19. The smallest absolute Gasteiger partial charge is 0.391 e. The highest BCUT2D eigenvalue weighted by Crippen LogP contribution is 2.32. The van der Waals surface area contributed by atoms with E-state index in [-0.39, 0.29) is 0 Å². The molecule has 128 valence electrons. The van der Waals surface area contributed by atoms with Crippen LogP contribution >= 0.6 is 0 Å². The van der Waals surface area contributed by atoms with Gasteiger partial charge in [-0.3, -0.25) is 4.79 Å². The molecule has 0 spiro atoms. The van der Waals surface area contributed by atoms with Gasteiger partial charge in [0.2, 0.25) is 5.91 Å². The molecule has 4 nitrogen and oxygen atoms in total. The van der Waals surface area contributed by atoms with E-state index in [0.717, 1.165) is 32.1 Å². The van der Waals surface area contributed by atoms with E-state index in [1.165, 1.54) is 0 Å². The third-order valence-electron chi connectivity index (χ3n) is 4.15. The van der Waals surface area contributed by atoms with Crippen molar-refractivity contribution in [3.63, 3.8) is 0 Å². The number of hydrogen-bond acceptors (Lipinski definition) is 2. The summed E-state index contributed by atoms with van der Waals surface area (Å²) in [5.41, 5.74) is 0. The summed E-state index contributed by atoms with van der Waals surface area (Å²) in [5, 5.41) is 10.9. The highest BCUT2D eigenvalue weighted by Gasteiger charge is 2.37. The van der Waals surface area contributed by atoms with Crippen molar-refractivity contribution in [3.8, 4) is 0 Å². The normalized spacial score (nSPS) is 18.9. The first kappa shape index (κ1) is 18.8. The van der Waals surface area contributed by atoms with Crippen LogP contribution in [0, 0.1) is 11.8 Å². The Bertz CT molecular complexity index is 379. The Morgan fingerprint density at radius 3 is 2.32 bits per heavy atom. The first-order chi connectivity index (χ1) is 10.2. The van der Waals surface area contributed by atoms with Crippen LogP contribution in [0.15, 0.2) is 0 Å². The van der Waals surface area contributed by atoms with E-state index in [0.29, 0.717) is 18.8 Å². The van der Waals surface area contributed by atoms with Crippen LogP contribution < -0.4 is 5.32 Å². The number of carbonyl (C=O) groups excluding carboxylic acids is 1. The summed E-state index contributed by atoms with van der Waals surface area (Å²) in [7, 11) is 0. The average Bonchev–Trinajstić information content (AvgIpc) is 2.88. The SMILES string of the molecule is CCCC(CC1CCCC1)C(=O)NC(CC(F)(F)F)C(=O)O. The molecule has 0 heterocycles. The van der Waals surface area contributed by atoms with Crippen molar-refractivity contribution in [2.75, 3.05) is 0 Å². The Kier molecular flexibility index (Phi) is 7.16. The Morgan fingerprint density at radius 1 is 1.27 bits per heavy atom. The molecule has 0 aromatic heterocycles. The standard InChI is InChI=1S/C15H24F3NO3/c1-2-5-11(8-10-6-3-4-7-10)13(20)19-12(14(21)22)9-15(16,17)18/h10-12H,2-9H2,1H3,(H,19,20)(H,21,22). The topological polar surface area (TPSA) is 66.4 Å². The van der Waals surface area contributed by atoms with Crippen LogP contribution in [0.4, 0.5) is 13.2 Å². The number of alkyl halides is 3. The maximum absolute atomic E-state index is 12.4. The lowest BCUT2D eigenvalue weighted by atomic mass is 9.89. The van der Waals surface area contributed by atoms with Crippen LogP contribution in [0.2, 0.25) is 0 Å². The summed E-state index contributed by atoms with van der Waals surface area (Å²) in [4.78, 5) is 23.1. The molecule has 22 heavy (non-hydrogen) atoms. The Balaban J connectivity index is 2.64. The molecule has 2 atom stereocenters. The monoisotopic (exact) mass is 323 g/mol. The maximum Gasteiger partial charge on any atom is 0.391 e. The van der Waals surface area contributed by atoms with Gasteiger partial charge >= 0.3 is 12.1 Å². The molecule has 0 aliphatic heterocycles. The van der Waals surface area contributed by atoms with Crippen molar-refractivity contribution < 1.29 is 27.9 Å². The number of carboxylic acid groups (broad SMARTS) is 1. The number of hydrogen-bond donors (Lipinski definition) is 2. The molecule has 1 amide bonds. The summed E-state index contributed by atoms with van der Waals surface area (Å²) in [6.07, 6.45) is 0.101. The van der Waals surface area contributed by atoms with Gasteiger partial charge in [-0.15, -0.1) is 0 Å². The van der Waals surface area contributed by atoms with Gasteiger partial charge in [0.1, 0.15) is 6.04 Å². The number of aliphatic carboxylic acids is 1. The second-order valence-corrected chi connectivity index (χ2v) is 6.09. The molecular weight excluding hydrogens is 299 g/mol. The predicted molar refractivity (Wildman–Crippen MR) is 75.2 cm³/mol. The van der Waals surface area contributed by atoms with Gasteiger partial charge in [-0.05, 0) is 18.8 Å². The minimum atomic E-state index is -4.62. The third-order valence-corrected chi connectivity index (χ3v) is 4.15. The van der Waals surface area contributed by atoms with Crippen LogP contribution in [-0.4, -0.2) is 29.2 Å². The fourth-order valence-corrected chi connectivity index (χ4v) is 3.07. The second-order valence-electron chi connectivity index (χ2n) is 6.09. The molecule has 7 heteroatoms. The zero-order valence-electron chi connectivity index (χ0n) is 12.8. The van der Waals surface area contributed by atoms with Gasteiger partial charge < -0.3 is 10.4 Å². The average molecular weight is 323 g/mol. The van der Waals surface area contributed by atoms with Crippen LogP contribution in [0.1, 0.15) is 58.3 Å². The highest BCUT2D eigenvalue weighted by molar-refractivity contribution is 5.85. The fraction of sp³-hybridized carbons (Fsp3) is 0.867. The van der Waals surface area contributed by atoms with Gasteiger partial charge in [0.25, 0.3) is 0 Å². The van der Waals surface area contributed by atoms with Crippen LogP contribution in [0.3, 0.4) is 0 Å². The van der Waals surface area contributed by atoms with Crippen molar-refractivity contribution in [1.29, 1.82) is 0 Å². The molecule has 1 aliphatic rings. The number of carboxylic acids is 1. The first-order valence-corrected chi connectivity index (χ1v) is 7.82. The molecule has 1 fully saturated rings. The lowest BCUT2D eigenvalue weighted by molar-refractivity contribution is -0.160. The van der Waals surface area contributed by atoms with Gasteiger partial charge in [0, 0.05) is 5.92 Å². The van der Waals surface area contributed by atoms with E-state index < -0.39 is 36.4 Å². The Morgan fingerprint density at radius 2 is 1.86 bits per heavy atom. The number of nitrogens with one attached hydrogen (secondary N) is 1. The summed E-state index contributed by atoms with van der Waals surface area (Å²) < 4.78 is 37.1. The molecule has 0 aromatic carbocycles. The van der Waals surface area contributed by atoms with Gasteiger partial charge in [0.15, 0.2) is 0 Å². The largest absolute Gasteiger partial charge is 0.480 e. The van der Waals surface area contributed by atoms with E-state index in [2.05, 4.69) is 5.32 Å². The molecule has 0 aromatic rings. The molecule has 0 bridgehead atoms. The lowest BCUT2D eigenvalue weighted by Crippen LogP contribution is -2.46. The number of carbonyl (C=O) groups is 2. The Hall–Kier alpha value is -1.27. The third kappa shape index (κ3) is 6.66. The highest BCUT2D eigenvalue weighted by atomic mass is 19.4. The zero-order valence-corrected chi connectivity index (χ0v) is 12.8. The van der Waals surface area contributed by atoms with Crippen molar-refractivity contribution in [2.45, 2.75) is 70.5 Å². The van der Waals surface area contributed by atoms with Gasteiger partial charge in [-0.1, -0.05) is 39.0 Å². The van der Waals surface area contributed by atoms with Crippen LogP contribution in [0.25, 0.3) is 0 Å². The number of amides is 1. The predicted octanol–water partition coefficient (Wildman–Crippen LogP) is 3.50. The summed E-state index contributed by atoms with van der Waals surface area (Å²) >= 11 is 0. The van der Waals surface area contributed by atoms with E-state index in [1.54, 1.807) is 0 Å². The first-order valence-electron chi connectivity index (χ1n) is 7.82. The second kappa shape index (κ2) is 8.39. The number of rotatable bonds is 8. The van der Waals surface area contributed by atoms with E-state index >= 15 is 0 Å². The van der Waals surface area contributed by atoms with Crippen molar-refractivity contribution >= 4 is 11.9 Å². The van der Waals surface area contributed by atoms with Crippen molar-refractivity contribution in [1.82, 2.24) is 5.32 Å². The van der Waals surface area contributed by atoms with Gasteiger partial charge in [-0.25, -0.2) is 4.79 Å². The lowest BCUT2D eigenvalue weighted by Gasteiger charge is -2.23. The van der Waals surface area contributed by atoms with E-state index in [9.17, 15) is 22.8 Å². The fourth-order valence-electron chi connectivity index (χ4n) is 3.07. The molecule has 0 saturated heterocycles. The summed E-state index contributed by atoms with van der Waals surface area (Å²) in [6, 6.07) is -1.91. The number of halogens is 3. The molecule has 1 aliphatic carbocycles. The molecule has 2 unspecified atom stereocenters. The van der Waals surface area contributed by atoms with Crippen molar-refractivity contribution in [2.24, 2.45) is 11.8 Å². The molecule has 1 saturated carbocycles. The minimum Gasteiger partial charge on any atom is -0.480 e. The van der Waals surface area contributed by atoms with Gasteiger partial charge in [0.05, 0.1) is 6.42 Å². The van der Waals surface area contributed by atoms with E-state index in [4.69, 9.17) is 5.11 Å². The molecule has 2 N–H and O–H groups in total. The minimum absolute atomic E-state index is 0.400. The summed E-state index contributed by atoms with van der Waals surface area (Å²) in [6.45, 7) is 1.90.